The Labute approximate surface area is 193 Å². The van der Waals surface area contributed by atoms with Gasteiger partial charge in [0.25, 0.3) is 0 Å². The Morgan fingerprint density at radius 1 is 1.24 bits per heavy atom. The first-order valence-electron chi connectivity index (χ1n) is 10.8. The van der Waals surface area contributed by atoms with E-state index in [-0.39, 0.29) is 24.0 Å². The van der Waals surface area contributed by atoms with Gasteiger partial charge in [-0.2, -0.15) is 0 Å². The average molecular weight is 516 g/mol. The van der Waals surface area contributed by atoms with E-state index < -0.39 is 0 Å². The Kier molecular flexibility index (Phi) is 11.3. The Morgan fingerprint density at radius 2 is 2.00 bits per heavy atom. The van der Waals surface area contributed by atoms with E-state index in [1.807, 2.05) is 7.05 Å². The van der Waals surface area contributed by atoms with Gasteiger partial charge in [-0.05, 0) is 24.8 Å². The number of hydrogen-bond donors (Lipinski definition) is 1. The molecule has 0 radical (unpaired) electrons. The highest BCUT2D eigenvalue weighted by molar-refractivity contribution is 14.0. The predicted molar refractivity (Wildman–Crippen MR) is 129 cm³/mol. The number of halogens is 1. The van der Waals surface area contributed by atoms with Gasteiger partial charge in [0.15, 0.2) is 5.96 Å². The molecule has 7 heteroatoms. The van der Waals surface area contributed by atoms with Gasteiger partial charge in [0.1, 0.15) is 0 Å². The van der Waals surface area contributed by atoms with Gasteiger partial charge in [0.2, 0.25) is 0 Å². The minimum Gasteiger partial charge on any atom is -0.377 e. The minimum atomic E-state index is 0. The zero-order valence-corrected chi connectivity index (χ0v) is 20.2. The molecule has 0 saturated carbocycles. The van der Waals surface area contributed by atoms with Crippen molar-refractivity contribution in [3.63, 3.8) is 0 Å². The molecule has 1 aromatic rings. The average Bonchev–Trinajstić information content (AvgIpc) is 3.26. The smallest absolute Gasteiger partial charge is 0.193 e. The molecule has 164 valence electrons. The molecule has 2 aliphatic heterocycles. The summed E-state index contributed by atoms with van der Waals surface area (Å²) in [7, 11) is 1.86. The van der Waals surface area contributed by atoms with Gasteiger partial charge in [-0.15, -0.1) is 24.0 Å². The summed E-state index contributed by atoms with van der Waals surface area (Å²) in [5.74, 6) is 0.980. The molecule has 2 atom stereocenters. The van der Waals surface area contributed by atoms with E-state index in [0.29, 0.717) is 25.4 Å². The third kappa shape index (κ3) is 7.38. The highest BCUT2D eigenvalue weighted by Crippen LogP contribution is 2.25. The van der Waals surface area contributed by atoms with Crippen LogP contribution in [-0.2, 0) is 9.47 Å². The predicted octanol–water partition coefficient (Wildman–Crippen LogP) is 3.14. The molecular formula is C22H37IN4O2. The van der Waals surface area contributed by atoms with Crippen LogP contribution in [0.25, 0.3) is 0 Å². The fourth-order valence-corrected chi connectivity index (χ4v) is 4.18. The quantitative estimate of drug-likeness (QED) is 0.249. The molecule has 2 fully saturated rings. The van der Waals surface area contributed by atoms with E-state index in [2.05, 4.69) is 57.4 Å². The van der Waals surface area contributed by atoms with Crippen molar-refractivity contribution in [3.8, 4) is 0 Å². The number of benzene rings is 1. The molecule has 29 heavy (non-hydrogen) atoms. The van der Waals surface area contributed by atoms with Crippen molar-refractivity contribution in [1.82, 2.24) is 15.1 Å². The van der Waals surface area contributed by atoms with Crippen molar-refractivity contribution in [2.24, 2.45) is 4.99 Å². The Bertz CT molecular complexity index is 588. The molecule has 3 rings (SSSR count). The molecule has 6 nitrogen and oxygen atoms in total. The topological polar surface area (TPSA) is 49.3 Å². The second-order valence-electron chi connectivity index (χ2n) is 7.54. The highest BCUT2D eigenvalue weighted by atomic mass is 127. The van der Waals surface area contributed by atoms with Crippen LogP contribution in [0.3, 0.4) is 0 Å². The van der Waals surface area contributed by atoms with Gasteiger partial charge in [0.05, 0.1) is 19.3 Å². The van der Waals surface area contributed by atoms with E-state index in [4.69, 9.17) is 9.47 Å². The van der Waals surface area contributed by atoms with Crippen molar-refractivity contribution >= 4 is 29.9 Å². The first-order chi connectivity index (χ1) is 13.8. The lowest BCUT2D eigenvalue weighted by Gasteiger charge is -2.40. The van der Waals surface area contributed by atoms with Crippen molar-refractivity contribution in [2.75, 3.05) is 59.6 Å². The molecule has 2 heterocycles. The first-order valence-corrected chi connectivity index (χ1v) is 10.8. The standard InChI is InChI=1S/C22H36N4O2.HI/c1-3-21(19-8-5-4-6-9-19)25-12-14-26(15-13-25)22(23-2)24-11-17-27-18-20-10-7-16-28-20;/h4-6,8-9,20-21H,3,7,10-18H2,1-2H3,(H,23,24);1H. The van der Waals surface area contributed by atoms with Gasteiger partial charge in [-0.25, -0.2) is 0 Å². The van der Waals surface area contributed by atoms with E-state index in [0.717, 1.165) is 64.6 Å². The van der Waals surface area contributed by atoms with Gasteiger partial charge >= 0.3 is 0 Å². The van der Waals surface area contributed by atoms with Gasteiger partial charge in [-0.3, -0.25) is 9.89 Å². The van der Waals surface area contributed by atoms with E-state index in [9.17, 15) is 0 Å². The lowest BCUT2D eigenvalue weighted by molar-refractivity contribution is 0.0189. The molecule has 0 aliphatic carbocycles. The van der Waals surface area contributed by atoms with Crippen molar-refractivity contribution < 1.29 is 9.47 Å². The lowest BCUT2D eigenvalue weighted by Crippen LogP contribution is -2.53. The van der Waals surface area contributed by atoms with Gasteiger partial charge in [0, 0.05) is 52.4 Å². The van der Waals surface area contributed by atoms with Crippen molar-refractivity contribution in [2.45, 2.75) is 38.3 Å². The summed E-state index contributed by atoms with van der Waals surface area (Å²) in [5.41, 5.74) is 1.42. The third-order valence-corrected chi connectivity index (χ3v) is 5.69. The fourth-order valence-electron chi connectivity index (χ4n) is 4.18. The molecule has 2 unspecified atom stereocenters. The molecule has 0 spiro atoms. The maximum Gasteiger partial charge on any atom is 0.193 e. The lowest BCUT2D eigenvalue weighted by atomic mass is 10.0. The number of piperazine rings is 1. The van der Waals surface area contributed by atoms with E-state index >= 15 is 0 Å². The first kappa shape index (κ1) is 24.4. The summed E-state index contributed by atoms with van der Waals surface area (Å²) in [6.45, 7) is 9.45. The van der Waals surface area contributed by atoms with Gasteiger partial charge in [-0.1, -0.05) is 37.3 Å². The minimum absolute atomic E-state index is 0. The zero-order chi connectivity index (χ0) is 19.6. The van der Waals surface area contributed by atoms with Crippen LogP contribution < -0.4 is 5.32 Å². The summed E-state index contributed by atoms with van der Waals surface area (Å²) >= 11 is 0. The monoisotopic (exact) mass is 516 g/mol. The second-order valence-corrected chi connectivity index (χ2v) is 7.54. The number of hydrogen-bond acceptors (Lipinski definition) is 4. The number of rotatable bonds is 8. The van der Waals surface area contributed by atoms with Crippen LogP contribution in [0, 0.1) is 0 Å². The summed E-state index contributed by atoms with van der Waals surface area (Å²) < 4.78 is 11.3. The summed E-state index contributed by atoms with van der Waals surface area (Å²) in [5, 5.41) is 3.45. The summed E-state index contributed by atoms with van der Waals surface area (Å²) in [6, 6.07) is 11.4. The number of aliphatic imine (C=N–C) groups is 1. The van der Waals surface area contributed by atoms with E-state index in [1.165, 1.54) is 5.56 Å². The number of ether oxygens (including phenoxy) is 2. The molecule has 1 aromatic carbocycles. The van der Waals surface area contributed by atoms with Crippen molar-refractivity contribution in [1.29, 1.82) is 0 Å². The maximum atomic E-state index is 5.74. The molecule has 0 bridgehead atoms. The van der Waals surface area contributed by atoms with Crippen LogP contribution in [0.4, 0.5) is 0 Å². The van der Waals surface area contributed by atoms with Gasteiger partial charge < -0.3 is 19.7 Å². The number of nitrogens with one attached hydrogen (secondary N) is 1. The summed E-state index contributed by atoms with van der Waals surface area (Å²) in [6.07, 6.45) is 3.72. The number of guanidine groups is 1. The highest BCUT2D eigenvalue weighted by Gasteiger charge is 2.25. The van der Waals surface area contributed by atoms with Crippen LogP contribution in [-0.4, -0.2) is 81.5 Å². The van der Waals surface area contributed by atoms with Crippen LogP contribution >= 0.6 is 24.0 Å². The number of nitrogens with zero attached hydrogens (tertiary/aromatic N) is 3. The molecule has 2 aliphatic rings. The Morgan fingerprint density at radius 3 is 2.62 bits per heavy atom. The molecule has 2 saturated heterocycles. The molecule has 0 amide bonds. The van der Waals surface area contributed by atoms with Crippen LogP contribution in [0.5, 0.6) is 0 Å². The van der Waals surface area contributed by atoms with Crippen LogP contribution in [0.15, 0.2) is 35.3 Å². The molecule has 1 N–H and O–H groups in total. The molecular weight excluding hydrogens is 479 g/mol. The third-order valence-electron chi connectivity index (χ3n) is 5.69. The molecule has 0 aromatic heterocycles. The maximum absolute atomic E-state index is 5.74. The Balaban J connectivity index is 0.00000300. The fraction of sp³-hybridized carbons (Fsp3) is 0.682. The van der Waals surface area contributed by atoms with Crippen LogP contribution in [0.1, 0.15) is 37.8 Å². The normalized spacial score (nSPS) is 21.7. The Hall–Kier alpha value is -0.900. The van der Waals surface area contributed by atoms with E-state index in [1.54, 1.807) is 0 Å². The zero-order valence-electron chi connectivity index (χ0n) is 17.9. The van der Waals surface area contributed by atoms with Crippen molar-refractivity contribution in [3.05, 3.63) is 35.9 Å². The SMILES string of the molecule is CCC(c1ccccc1)N1CCN(C(=NC)NCCOCC2CCCO2)CC1.I. The van der Waals surface area contributed by atoms with Crippen LogP contribution in [0.2, 0.25) is 0 Å². The second kappa shape index (κ2) is 13.4. The largest absolute Gasteiger partial charge is 0.377 e. The summed E-state index contributed by atoms with van der Waals surface area (Å²) in [4.78, 5) is 9.42.